The van der Waals surface area contributed by atoms with Gasteiger partial charge in [-0.15, -0.1) is 0 Å². The number of piperidine rings is 1. The van der Waals surface area contributed by atoms with Gasteiger partial charge in [0.15, 0.2) is 6.61 Å². The standard InChI is InChI=1S/C20H25N5O4/c1-14-22-18(23-29-14)13-28-17-7-3-2-6-16(17)20(27)24-9-4-5-15(12-24)25-10-8-21-11-19(25)26/h2-3,6-7,15,21H,4-5,8-13H2,1H3. The highest BCUT2D eigenvalue weighted by Gasteiger charge is 2.32. The molecule has 154 valence electrons. The van der Waals surface area contributed by atoms with Gasteiger partial charge in [-0.25, -0.2) is 0 Å². The summed E-state index contributed by atoms with van der Waals surface area (Å²) in [5, 5.41) is 6.91. The number of aromatic nitrogens is 2. The molecule has 4 rings (SSSR count). The van der Waals surface area contributed by atoms with E-state index in [0.29, 0.717) is 49.2 Å². The molecule has 1 atom stereocenters. The first-order valence-corrected chi connectivity index (χ1v) is 9.92. The van der Waals surface area contributed by atoms with Gasteiger partial charge in [-0.05, 0) is 25.0 Å². The zero-order valence-electron chi connectivity index (χ0n) is 16.5. The molecule has 2 saturated heterocycles. The Morgan fingerprint density at radius 2 is 2.21 bits per heavy atom. The van der Waals surface area contributed by atoms with Crippen LogP contribution >= 0.6 is 0 Å². The van der Waals surface area contributed by atoms with Crippen molar-refractivity contribution in [1.82, 2.24) is 25.3 Å². The van der Waals surface area contributed by atoms with Crippen LogP contribution in [0.2, 0.25) is 0 Å². The fraction of sp³-hybridized carbons (Fsp3) is 0.500. The molecule has 2 fully saturated rings. The number of piperazine rings is 1. The molecular weight excluding hydrogens is 374 g/mol. The molecule has 2 aliphatic rings. The third kappa shape index (κ3) is 4.40. The summed E-state index contributed by atoms with van der Waals surface area (Å²) in [5.74, 6) is 1.40. The normalized spacial score (nSPS) is 20.0. The highest BCUT2D eigenvalue weighted by atomic mass is 16.5. The number of nitrogens with zero attached hydrogens (tertiary/aromatic N) is 4. The van der Waals surface area contributed by atoms with Crippen molar-refractivity contribution in [2.75, 3.05) is 32.7 Å². The number of hydrogen-bond donors (Lipinski definition) is 1. The number of benzene rings is 1. The highest BCUT2D eigenvalue weighted by molar-refractivity contribution is 5.97. The van der Waals surface area contributed by atoms with Crippen LogP contribution in [0.5, 0.6) is 5.75 Å². The van der Waals surface area contributed by atoms with Crippen LogP contribution in [0.1, 0.15) is 34.9 Å². The Labute approximate surface area is 169 Å². The zero-order valence-corrected chi connectivity index (χ0v) is 16.5. The molecule has 0 spiro atoms. The Bertz CT molecular complexity index is 883. The Hall–Kier alpha value is -2.94. The largest absolute Gasteiger partial charge is 0.485 e. The third-order valence-electron chi connectivity index (χ3n) is 5.29. The predicted molar refractivity (Wildman–Crippen MR) is 103 cm³/mol. The van der Waals surface area contributed by atoms with Crippen LogP contribution in [0.3, 0.4) is 0 Å². The van der Waals surface area contributed by atoms with Gasteiger partial charge in [-0.2, -0.15) is 4.98 Å². The summed E-state index contributed by atoms with van der Waals surface area (Å²) in [6.07, 6.45) is 1.80. The molecule has 9 heteroatoms. The number of carbonyl (C=O) groups is 2. The fourth-order valence-corrected chi connectivity index (χ4v) is 3.88. The number of nitrogens with one attached hydrogen (secondary N) is 1. The molecule has 9 nitrogen and oxygen atoms in total. The van der Waals surface area contributed by atoms with Gasteiger partial charge in [0.25, 0.3) is 5.91 Å². The maximum Gasteiger partial charge on any atom is 0.257 e. The average Bonchev–Trinajstić information content (AvgIpc) is 3.17. The van der Waals surface area contributed by atoms with E-state index in [1.165, 1.54) is 0 Å². The molecule has 2 amide bonds. The Kier molecular flexibility index (Phi) is 5.75. The van der Waals surface area contributed by atoms with Crippen LogP contribution in [0.4, 0.5) is 0 Å². The molecule has 3 heterocycles. The van der Waals surface area contributed by atoms with E-state index in [0.717, 1.165) is 19.4 Å². The Morgan fingerprint density at radius 1 is 1.34 bits per heavy atom. The lowest BCUT2D eigenvalue weighted by molar-refractivity contribution is -0.135. The molecule has 1 aromatic carbocycles. The lowest BCUT2D eigenvalue weighted by Gasteiger charge is -2.41. The fourth-order valence-electron chi connectivity index (χ4n) is 3.88. The Morgan fingerprint density at radius 3 is 3.00 bits per heavy atom. The van der Waals surface area contributed by atoms with E-state index in [1.807, 2.05) is 21.9 Å². The van der Waals surface area contributed by atoms with Gasteiger partial charge in [-0.3, -0.25) is 9.59 Å². The quantitative estimate of drug-likeness (QED) is 0.800. The summed E-state index contributed by atoms with van der Waals surface area (Å²) >= 11 is 0. The minimum atomic E-state index is -0.0859. The van der Waals surface area contributed by atoms with Gasteiger partial charge in [-0.1, -0.05) is 17.3 Å². The van der Waals surface area contributed by atoms with Crippen molar-refractivity contribution < 1.29 is 18.8 Å². The summed E-state index contributed by atoms with van der Waals surface area (Å²) in [5.41, 5.74) is 0.500. The third-order valence-corrected chi connectivity index (χ3v) is 5.29. The first kappa shape index (κ1) is 19.4. The summed E-state index contributed by atoms with van der Waals surface area (Å²) < 4.78 is 10.8. The SMILES string of the molecule is Cc1nc(COc2ccccc2C(=O)N2CCCC(N3CCNCC3=O)C2)no1. The van der Waals surface area contributed by atoms with Gasteiger partial charge < -0.3 is 24.4 Å². The molecule has 1 aromatic heterocycles. The van der Waals surface area contributed by atoms with Gasteiger partial charge in [0.05, 0.1) is 12.1 Å². The first-order chi connectivity index (χ1) is 14.1. The van der Waals surface area contributed by atoms with E-state index in [2.05, 4.69) is 15.5 Å². The molecule has 2 aliphatic heterocycles. The van der Waals surface area contributed by atoms with E-state index >= 15 is 0 Å². The van der Waals surface area contributed by atoms with Crippen LogP contribution in [-0.2, 0) is 11.4 Å². The number of amides is 2. The number of aryl methyl sites for hydroxylation is 1. The van der Waals surface area contributed by atoms with Crippen LogP contribution in [0, 0.1) is 6.92 Å². The number of rotatable bonds is 5. The van der Waals surface area contributed by atoms with Crippen molar-refractivity contribution in [3.05, 3.63) is 41.5 Å². The lowest BCUT2D eigenvalue weighted by Crippen LogP contribution is -2.57. The predicted octanol–water partition coefficient (Wildman–Crippen LogP) is 0.993. The van der Waals surface area contributed by atoms with Crippen molar-refractivity contribution in [1.29, 1.82) is 0 Å². The van der Waals surface area contributed by atoms with Gasteiger partial charge >= 0.3 is 0 Å². The second-order valence-corrected chi connectivity index (χ2v) is 7.33. The van der Waals surface area contributed by atoms with Crippen molar-refractivity contribution in [3.63, 3.8) is 0 Å². The molecule has 29 heavy (non-hydrogen) atoms. The van der Waals surface area contributed by atoms with E-state index in [9.17, 15) is 9.59 Å². The molecule has 1 N–H and O–H groups in total. The molecule has 1 unspecified atom stereocenters. The van der Waals surface area contributed by atoms with E-state index < -0.39 is 0 Å². The molecule has 0 saturated carbocycles. The number of para-hydroxylation sites is 1. The summed E-state index contributed by atoms with van der Waals surface area (Å²) in [6.45, 7) is 4.91. The summed E-state index contributed by atoms with van der Waals surface area (Å²) in [4.78, 5) is 33.3. The van der Waals surface area contributed by atoms with Crippen molar-refractivity contribution in [3.8, 4) is 5.75 Å². The first-order valence-electron chi connectivity index (χ1n) is 9.92. The number of hydrogen-bond acceptors (Lipinski definition) is 7. The van der Waals surface area contributed by atoms with Crippen LogP contribution < -0.4 is 10.1 Å². The molecule has 2 aromatic rings. The monoisotopic (exact) mass is 399 g/mol. The maximum atomic E-state index is 13.2. The average molecular weight is 399 g/mol. The molecule has 0 radical (unpaired) electrons. The Balaban J connectivity index is 1.45. The smallest absolute Gasteiger partial charge is 0.257 e. The van der Waals surface area contributed by atoms with E-state index in [1.54, 1.807) is 19.1 Å². The van der Waals surface area contributed by atoms with Crippen molar-refractivity contribution in [2.24, 2.45) is 0 Å². The van der Waals surface area contributed by atoms with E-state index in [-0.39, 0.29) is 24.5 Å². The summed E-state index contributed by atoms with van der Waals surface area (Å²) in [7, 11) is 0. The maximum absolute atomic E-state index is 13.2. The lowest BCUT2D eigenvalue weighted by atomic mass is 10.0. The van der Waals surface area contributed by atoms with Crippen molar-refractivity contribution in [2.45, 2.75) is 32.4 Å². The van der Waals surface area contributed by atoms with E-state index in [4.69, 9.17) is 9.26 Å². The van der Waals surface area contributed by atoms with Gasteiger partial charge in [0.2, 0.25) is 17.6 Å². The molecule has 0 aliphatic carbocycles. The van der Waals surface area contributed by atoms with Gasteiger partial charge in [0, 0.05) is 39.1 Å². The van der Waals surface area contributed by atoms with Gasteiger partial charge in [0.1, 0.15) is 5.75 Å². The van der Waals surface area contributed by atoms with Crippen molar-refractivity contribution >= 4 is 11.8 Å². The van der Waals surface area contributed by atoms with Crippen LogP contribution in [-0.4, -0.2) is 70.5 Å². The molecular formula is C20H25N5O4. The van der Waals surface area contributed by atoms with Crippen LogP contribution in [0.25, 0.3) is 0 Å². The minimum absolute atomic E-state index is 0.0673. The zero-order chi connectivity index (χ0) is 20.2. The number of carbonyl (C=O) groups excluding carboxylic acids is 2. The van der Waals surface area contributed by atoms with Crippen LogP contribution in [0.15, 0.2) is 28.8 Å². The molecule has 0 bridgehead atoms. The topological polar surface area (TPSA) is 101 Å². The number of ether oxygens (including phenoxy) is 1. The highest BCUT2D eigenvalue weighted by Crippen LogP contribution is 2.24. The second kappa shape index (κ2) is 8.60. The second-order valence-electron chi connectivity index (χ2n) is 7.33. The minimum Gasteiger partial charge on any atom is -0.485 e. The summed E-state index contributed by atoms with van der Waals surface area (Å²) in [6, 6.07) is 7.24. The number of likely N-dealkylation sites (tertiary alicyclic amines) is 1.